The summed E-state index contributed by atoms with van der Waals surface area (Å²) in [5, 5.41) is 0. The van der Waals surface area contributed by atoms with Gasteiger partial charge in [0.05, 0.1) is 0 Å². The highest BCUT2D eigenvalue weighted by atomic mass is 127. The number of rotatable bonds is 0. The van der Waals surface area contributed by atoms with Gasteiger partial charge in [0, 0.05) is 16.4 Å². The van der Waals surface area contributed by atoms with Crippen LogP contribution in [-0.4, -0.2) is 5.78 Å². The molecule has 0 fully saturated rings. The van der Waals surface area contributed by atoms with Crippen LogP contribution in [0.1, 0.15) is 17.5 Å². The highest BCUT2D eigenvalue weighted by molar-refractivity contribution is 14.1. The molecule has 0 heterocycles. The fraction of sp³-hybridized carbons (Fsp3) is 0.300. The van der Waals surface area contributed by atoms with Gasteiger partial charge < -0.3 is 0 Å². The Morgan fingerprint density at radius 3 is 2.85 bits per heavy atom. The van der Waals surface area contributed by atoms with Crippen molar-refractivity contribution in [2.45, 2.75) is 19.3 Å². The van der Waals surface area contributed by atoms with E-state index in [9.17, 15) is 9.18 Å². The van der Waals surface area contributed by atoms with Gasteiger partial charge in [-0.15, -0.1) is 0 Å². The third-order valence-electron chi connectivity index (χ3n) is 2.29. The molecule has 0 amide bonds. The minimum Gasteiger partial charge on any atom is -0.299 e. The summed E-state index contributed by atoms with van der Waals surface area (Å²) < 4.78 is 13.9. The van der Waals surface area contributed by atoms with Crippen molar-refractivity contribution >= 4 is 28.4 Å². The van der Waals surface area contributed by atoms with Crippen molar-refractivity contribution in [3.63, 3.8) is 0 Å². The molecule has 3 heteroatoms. The molecule has 1 aliphatic rings. The Balaban J connectivity index is 2.53. The Labute approximate surface area is 89.5 Å². The number of carbonyl (C=O) groups is 1. The number of fused-ring (bicyclic) bond motifs is 1. The van der Waals surface area contributed by atoms with Crippen molar-refractivity contribution in [1.29, 1.82) is 0 Å². The topological polar surface area (TPSA) is 17.1 Å². The summed E-state index contributed by atoms with van der Waals surface area (Å²) in [7, 11) is 0. The van der Waals surface area contributed by atoms with Crippen molar-refractivity contribution in [1.82, 2.24) is 0 Å². The maximum atomic E-state index is 13.0. The van der Waals surface area contributed by atoms with E-state index >= 15 is 0 Å². The molecule has 0 radical (unpaired) electrons. The van der Waals surface area contributed by atoms with E-state index in [0.29, 0.717) is 12.8 Å². The predicted octanol–water partition coefficient (Wildman–Crippen LogP) is 2.49. The van der Waals surface area contributed by atoms with E-state index in [-0.39, 0.29) is 11.6 Å². The first-order valence-electron chi connectivity index (χ1n) is 4.15. The lowest BCUT2D eigenvalue weighted by molar-refractivity contribution is -0.118. The molecule has 0 aliphatic heterocycles. The Bertz CT molecular complexity index is 373. The molecule has 0 unspecified atom stereocenters. The van der Waals surface area contributed by atoms with Crippen LogP contribution in [0.15, 0.2) is 12.1 Å². The SMILES string of the molecule is O=C1CCc2c(I)cc(F)cc2C1. The monoisotopic (exact) mass is 290 g/mol. The van der Waals surface area contributed by atoms with Gasteiger partial charge in [0.15, 0.2) is 0 Å². The highest BCUT2D eigenvalue weighted by Gasteiger charge is 2.18. The molecule has 0 aromatic heterocycles. The third-order valence-corrected chi connectivity index (χ3v) is 3.26. The molecule has 0 spiro atoms. The van der Waals surface area contributed by atoms with Gasteiger partial charge in [-0.1, -0.05) is 0 Å². The van der Waals surface area contributed by atoms with Crippen molar-refractivity contribution in [3.8, 4) is 0 Å². The Hall–Kier alpha value is -0.450. The summed E-state index contributed by atoms with van der Waals surface area (Å²) in [6.07, 6.45) is 1.78. The van der Waals surface area contributed by atoms with Gasteiger partial charge in [0.1, 0.15) is 11.6 Å². The Morgan fingerprint density at radius 2 is 2.08 bits per heavy atom. The number of hydrogen-bond donors (Lipinski definition) is 0. The number of hydrogen-bond acceptors (Lipinski definition) is 1. The zero-order chi connectivity index (χ0) is 9.42. The van der Waals surface area contributed by atoms with Crippen LogP contribution in [0.3, 0.4) is 0 Å². The van der Waals surface area contributed by atoms with E-state index in [1.54, 1.807) is 0 Å². The largest absolute Gasteiger partial charge is 0.299 e. The maximum Gasteiger partial charge on any atom is 0.137 e. The van der Waals surface area contributed by atoms with Crippen LogP contribution in [-0.2, 0) is 17.6 Å². The van der Waals surface area contributed by atoms with Gasteiger partial charge in [-0.2, -0.15) is 0 Å². The van der Waals surface area contributed by atoms with Crippen molar-refractivity contribution in [3.05, 3.63) is 32.6 Å². The summed E-state index contributed by atoms with van der Waals surface area (Å²) in [6.45, 7) is 0. The molecule has 1 aromatic rings. The third kappa shape index (κ3) is 1.75. The van der Waals surface area contributed by atoms with Crippen molar-refractivity contribution in [2.75, 3.05) is 0 Å². The van der Waals surface area contributed by atoms with Gasteiger partial charge in [-0.25, -0.2) is 4.39 Å². The molecular weight excluding hydrogens is 282 g/mol. The quantitative estimate of drug-likeness (QED) is 0.671. The zero-order valence-corrected chi connectivity index (χ0v) is 9.10. The normalized spacial score (nSPS) is 15.7. The first kappa shape index (κ1) is 9.12. The average Bonchev–Trinajstić information content (AvgIpc) is 2.02. The molecule has 0 saturated heterocycles. The number of ketones is 1. The van der Waals surface area contributed by atoms with Gasteiger partial charge in [-0.3, -0.25) is 4.79 Å². The molecule has 13 heavy (non-hydrogen) atoms. The molecule has 0 N–H and O–H groups in total. The van der Waals surface area contributed by atoms with E-state index in [4.69, 9.17) is 0 Å². The van der Waals surface area contributed by atoms with Gasteiger partial charge in [-0.05, 0) is 52.3 Å². The first-order chi connectivity index (χ1) is 6.16. The summed E-state index contributed by atoms with van der Waals surface area (Å²) >= 11 is 2.12. The molecule has 2 rings (SSSR count). The molecule has 0 bridgehead atoms. The summed E-state index contributed by atoms with van der Waals surface area (Å²) in [4.78, 5) is 11.1. The number of carbonyl (C=O) groups excluding carboxylic acids is 1. The summed E-state index contributed by atoms with van der Waals surface area (Å²) in [5.74, 6) is -0.0215. The van der Waals surface area contributed by atoms with Crippen LogP contribution in [0.5, 0.6) is 0 Å². The van der Waals surface area contributed by atoms with Crippen LogP contribution in [0, 0.1) is 9.39 Å². The zero-order valence-electron chi connectivity index (χ0n) is 6.94. The fourth-order valence-electron chi connectivity index (χ4n) is 1.66. The van der Waals surface area contributed by atoms with Crippen LogP contribution in [0.25, 0.3) is 0 Å². The second-order valence-electron chi connectivity index (χ2n) is 3.24. The second kappa shape index (κ2) is 3.36. The lowest BCUT2D eigenvalue weighted by atomic mass is 9.91. The standard InChI is InChI=1S/C10H8FIO/c11-7-3-6-4-8(13)1-2-9(6)10(12)5-7/h3,5H,1-2,4H2. The fourth-order valence-corrected chi connectivity index (χ4v) is 2.57. The smallest absolute Gasteiger partial charge is 0.137 e. The summed E-state index contributed by atoms with van der Waals surface area (Å²) in [5.41, 5.74) is 2.03. The Kier molecular flexibility index (Phi) is 2.36. The van der Waals surface area contributed by atoms with Gasteiger partial charge in [0.2, 0.25) is 0 Å². The molecular formula is C10H8FIO. The van der Waals surface area contributed by atoms with Crippen molar-refractivity contribution in [2.24, 2.45) is 0 Å². The number of benzene rings is 1. The minimum absolute atomic E-state index is 0.217. The van der Waals surface area contributed by atoms with E-state index in [1.165, 1.54) is 12.1 Å². The molecule has 1 aromatic carbocycles. The molecule has 1 nitrogen and oxygen atoms in total. The minimum atomic E-state index is -0.238. The lowest BCUT2D eigenvalue weighted by Gasteiger charge is -2.16. The molecule has 68 valence electrons. The van der Waals surface area contributed by atoms with E-state index in [1.807, 2.05) is 0 Å². The maximum absolute atomic E-state index is 13.0. The average molecular weight is 290 g/mol. The predicted molar refractivity (Wildman–Crippen MR) is 56.1 cm³/mol. The molecule has 1 aliphatic carbocycles. The first-order valence-corrected chi connectivity index (χ1v) is 5.23. The van der Waals surface area contributed by atoms with Gasteiger partial charge in [0.25, 0.3) is 0 Å². The van der Waals surface area contributed by atoms with Gasteiger partial charge >= 0.3 is 0 Å². The summed E-state index contributed by atoms with van der Waals surface area (Å²) in [6, 6.07) is 3.00. The molecule has 0 atom stereocenters. The van der Waals surface area contributed by atoms with Crippen LogP contribution >= 0.6 is 22.6 Å². The van der Waals surface area contributed by atoms with Crippen LogP contribution in [0.4, 0.5) is 4.39 Å². The van der Waals surface area contributed by atoms with Crippen LogP contribution in [0.2, 0.25) is 0 Å². The lowest BCUT2D eigenvalue weighted by Crippen LogP contribution is -2.14. The van der Waals surface area contributed by atoms with E-state index < -0.39 is 0 Å². The van der Waals surface area contributed by atoms with Crippen molar-refractivity contribution < 1.29 is 9.18 Å². The van der Waals surface area contributed by atoms with E-state index in [0.717, 1.165) is 21.1 Å². The highest BCUT2D eigenvalue weighted by Crippen LogP contribution is 2.25. The second-order valence-corrected chi connectivity index (χ2v) is 4.40. The van der Waals surface area contributed by atoms with E-state index in [2.05, 4.69) is 22.6 Å². The number of Topliss-reactive ketones (excluding diaryl/α,β-unsaturated/α-hetero) is 1. The van der Waals surface area contributed by atoms with Crippen LogP contribution < -0.4 is 0 Å². The Morgan fingerprint density at radius 1 is 1.31 bits per heavy atom. The molecule has 0 saturated carbocycles. The number of halogens is 2.